The molecule has 25 heavy (non-hydrogen) atoms. The molecule has 3 rings (SSSR count). The summed E-state index contributed by atoms with van der Waals surface area (Å²) in [6.45, 7) is 4.39. The lowest BCUT2D eigenvalue weighted by Gasteiger charge is -2.50. The summed E-state index contributed by atoms with van der Waals surface area (Å²) in [7, 11) is 0. The second-order valence-electron chi connectivity index (χ2n) is 7.53. The SMILES string of the molecule is OCCN(C/C=C/c1ccccc1)C[C@]1(O)CCCN2CCCC[C@@H]21. The van der Waals surface area contributed by atoms with E-state index >= 15 is 0 Å². The highest BCUT2D eigenvalue weighted by atomic mass is 16.3. The first-order valence-electron chi connectivity index (χ1n) is 9.72. The van der Waals surface area contributed by atoms with Crippen LogP contribution in [-0.2, 0) is 0 Å². The molecule has 2 N–H and O–H groups in total. The van der Waals surface area contributed by atoms with Gasteiger partial charge in [0.15, 0.2) is 0 Å². The van der Waals surface area contributed by atoms with Crippen molar-refractivity contribution in [1.29, 1.82) is 0 Å². The number of aliphatic hydroxyl groups excluding tert-OH is 1. The normalized spacial score (nSPS) is 27.7. The summed E-state index contributed by atoms with van der Waals surface area (Å²) >= 11 is 0. The Morgan fingerprint density at radius 2 is 1.96 bits per heavy atom. The van der Waals surface area contributed by atoms with Crippen LogP contribution in [0.3, 0.4) is 0 Å². The van der Waals surface area contributed by atoms with Gasteiger partial charge in [-0.1, -0.05) is 48.9 Å². The molecule has 1 aromatic carbocycles. The van der Waals surface area contributed by atoms with E-state index in [-0.39, 0.29) is 12.6 Å². The second kappa shape index (κ2) is 8.95. The van der Waals surface area contributed by atoms with Gasteiger partial charge in [-0.05, 0) is 44.3 Å². The van der Waals surface area contributed by atoms with Crippen LogP contribution in [-0.4, -0.2) is 71.0 Å². The average molecular weight is 344 g/mol. The Bertz CT molecular complexity index is 546. The molecule has 2 aliphatic rings. The van der Waals surface area contributed by atoms with Crippen molar-refractivity contribution in [1.82, 2.24) is 9.80 Å². The van der Waals surface area contributed by atoms with Gasteiger partial charge in [-0.15, -0.1) is 0 Å². The fourth-order valence-electron chi connectivity index (χ4n) is 4.47. The summed E-state index contributed by atoms with van der Waals surface area (Å²) in [5.41, 5.74) is 0.537. The third-order valence-electron chi connectivity index (χ3n) is 5.68. The van der Waals surface area contributed by atoms with E-state index in [2.05, 4.69) is 34.1 Å². The van der Waals surface area contributed by atoms with Crippen molar-refractivity contribution >= 4 is 6.08 Å². The van der Waals surface area contributed by atoms with Crippen molar-refractivity contribution in [2.75, 3.05) is 39.3 Å². The van der Waals surface area contributed by atoms with Crippen molar-refractivity contribution in [3.05, 3.63) is 42.0 Å². The van der Waals surface area contributed by atoms with E-state index in [1.165, 1.54) is 18.4 Å². The molecule has 0 amide bonds. The molecule has 2 atom stereocenters. The van der Waals surface area contributed by atoms with Crippen molar-refractivity contribution < 1.29 is 10.2 Å². The van der Waals surface area contributed by atoms with Crippen LogP contribution in [0, 0.1) is 0 Å². The molecule has 4 heteroatoms. The number of hydrogen-bond donors (Lipinski definition) is 2. The highest BCUT2D eigenvalue weighted by molar-refractivity contribution is 5.48. The molecule has 0 unspecified atom stereocenters. The van der Waals surface area contributed by atoms with Gasteiger partial charge in [-0.25, -0.2) is 0 Å². The van der Waals surface area contributed by atoms with Crippen LogP contribution < -0.4 is 0 Å². The number of benzene rings is 1. The molecular weight excluding hydrogens is 312 g/mol. The first-order valence-corrected chi connectivity index (χ1v) is 9.72. The van der Waals surface area contributed by atoms with Crippen molar-refractivity contribution in [3.63, 3.8) is 0 Å². The first kappa shape index (κ1) is 18.6. The summed E-state index contributed by atoms with van der Waals surface area (Å²) in [6.07, 6.45) is 9.77. The van der Waals surface area contributed by atoms with Crippen molar-refractivity contribution in [2.45, 2.75) is 43.7 Å². The van der Waals surface area contributed by atoms with Crippen molar-refractivity contribution in [2.24, 2.45) is 0 Å². The Morgan fingerprint density at radius 1 is 1.16 bits per heavy atom. The van der Waals surface area contributed by atoms with Crippen LogP contribution in [0.4, 0.5) is 0 Å². The van der Waals surface area contributed by atoms with Gasteiger partial charge < -0.3 is 10.2 Å². The van der Waals surface area contributed by atoms with E-state index in [1.54, 1.807) is 0 Å². The number of aliphatic hydroxyl groups is 2. The lowest BCUT2D eigenvalue weighted by molar-refractivity contribution is -0.109. The highest BCUT2D eigenvalue weighted by Gasteiger charge is 2.44. The maximum atomic E-state index is 11.4. The molecular formula is C21H32N2O2. The van der Waals surface area contributed by atoms with E-state index in [0.29, 0.717) is 13.1 Å². The number of fused-ring (bicyclic) bond motifs is 1. The van der Waals surface area contributed by atoms with Crippen LogP contribution in [0.25, 0.3) is 6.08 Å². The summed E-state index contributed by atoms with van der Waals surface area (Å²) in [6, 6.07) is 10.5. The summed E-state index contributed by atoms with van der Waals surface area (Å²) < 4.78 is 0. The van der Waals surface area contributed by atoms with Gasteiger partial charge in [0.05, 0.1) is 12.2 Å². The average Bonchev–Trinajstić information content (AvgIpc) is 2.63. The Morgan fingerprint density at radius 3 is 2.76 bits per heavy atom. The molecule has 0 aromatic heterocycles. The van der Waals surface area contributed by atoms with E-state index in [4.69, 9.17) is 0 Å². The molecule has 2 saturated heterocycles. The molecule has 2 heterocycles. The zero-order chi connectivity index (χ0) is 17.5. The number of nitrogens with zero attached hydrogens (tertiary/aromatic N) is 2. The molecule has 0 radical (unpaired) electrons. The minimum atomic E-state index is -0.644. The third kappa shape index (κ3) is 4.91. The molecule has 4 nitrogen and oxygen atoms in total. The maximum Gasteiger partial charge on any atom is 0.0928 e. The van der Waals surface area contributed by atoms with Crippen LogP contribution >= 0.6 is 0 Å². The molecule has 138 valence electrons. The topological polar surface area (TPSA) is 46.9 Å². The van der Waals surface area contributed by atoms with Gasteiger partial charge >= 0.3 is 0 Å². The maximum absolute atomic E-state index is 11.4. The monoisotopic (exact) mass is 344 g/mol. The first-order chi connectivity index (χ1) is 12.2. The highest BCUT2D eigenvalue weighted by Crippen LogP contribution is 2.34. The zero-order valence-electron chi connectivity index (χ0n) is 15.2. The fraction of sp³-hybridized carbons (Fsp3) is 0.619. The van der Waals surface area contributed by atoms with Gasteiger partial charge in [0, 0.05) is 25.7 Å². The second-order valence-corrected chi connectivity index (χ2v) is 7.53. The minimum absolute atomic E-state index is 0.129. The van der Waals surface area contributed by atoms with Gasteiger partial charge in [-0.3, -0.25) is 9.80 Å². The molecule has 0 bridgehead atoms. The number of rotatable bonds is 7. The largest absolute Gasteiger partial charge is 0.395 e. The Kier molecular flexibility index (Phi) is 6.65. The molecule has 1 aromatic rings. The van der Waals surface area contributed by atoms with Crippen molar-refractivity contribution in [3.8, 4) is 0 Å². The fourth-order valence-corrected chi connectivity index (χ4v) is 4.47. The van der Waals surface area contributed by atoms with Crippen LogP contribution in [0.2, 0.25) is 0 Å². The van der Waals surface area contributed by atoms with Crippen LogP contribution in [0.5, 0.6) is 0 Å². The standard InChI is InChI=1S/C21H32N2O2/c24-17-16-22(13-6-10-19-8-2-1-3-9-19)18-21(25)12-7-15-23-14-5-4-11-20(21)23/h1-3,6,8-10,20,24-25H,4-5,7,11-18H2/b10-6+/t20-,21-/m1/s1. The molecule has 0 spiro atoms. The third-order valence-corrected chi connectivity index (χ3v) is 5.68. The lowest BCUT2D eigenvalue weighted by atomic mass is 9.79. The van der Waals surface area contributed by atoms with Gasteiger partial charge in [-0.2, -0.15) is 0 Å². The Labute approximate surface area is 151 Å². The van der Waals surface area contributed by atoms with E-state index in [1.807, 2.05) is 18.2 Å². The van der Waals surface area contributed by atoms with E-state index in [0.717, 1.165) is 38.9 Å². The number of piperidine rings is 2. The molecule has 2 fully saturated rings. The lowest BCUT2D eigenvalue weighted by Crippen LogP contribution is -2.62. The zero-order valence-corrected chi connectivity index (χ0v) is 15.2. The summed E-state index contributed by atoms with van der Waals surface area (Å²) in [5.74, 6) is 0. The summed E-state index contributed by atoms with van der Waals surface area (Å²) in [5, 5.41) is 20.8. The number of hydrogen-bond acceptors (Lipinski definition) is 4. The summed E-state index contributed by atoms with van der Waals surface area (Å²) in [4.78, 5) is 4.68. The molecule has 0 saturated carbocycles. The molecule has 2 aliphatic heterocycles. The predicted octanol–water partition coefficient (Wildman–Crippen LogP) is 2.37. The van der Waals surface area contributed by atoms with E-state index in [9.17, 15) is 10.2 Å². The smallest absolute Gasteiger partial charge is 0.0928 e. The molecule has 0 aliphatic carbocycles. The Balaban J connectivity index is 1.62. The van der Waals surface area contributed by atoms with Gasteiger partial charge in [0.25, 0.3) is 0 Å². The van der Waals surface area contributed by atoms with Crippen LogP contribution in [0.1, 0.15) is 37.7 Å². The minimum Gasteiger partial charge on any atom is -0.395 e. The van der Waals surface area contributed by atoms with Crippen LogP contribution in [0.15, 0.2) is 36.4 Å². The predicted molar refractivity (Wildman–Crippen MR) is 102 cm³/mol. The van der Waals surface area contributed by atoms with E-state index < -0.39 is 5.60 Å². The Hall–Kier alpha value is -1.20. The quantitative estimate of drug-likeness (QED) is 0.797. The van der Waals surface area contributed by atoms with Gasteiger partial charge in [0.1, 0.15) is 0 Å². The van der Waals surface area contributed by atoms with Gasteiger partial charge in [0.2, 0.25) is 0 Å².